The number of nitrogens with zero attached hydrogens (tertiary/aromatic N) is 1. The Hall–Kier alpha value is -3.15. The van der Waals surface area contributed by atoms with Crippen LogP contribution in [-0.4, -0.2) is 29.4 Å². The minimum absolute atomic E-state index is 0.154. The maximum absolute atomic E-state index is 12.2. The van der Waals surface area contributed by atoms with Crippen LogP contribution in [0.3, 0.4) is 0 Å². The van der Waals surface area contributed by atoms with Gasteiger partial charge in [-0.3, -0.25) is 4.79 Å². The van der Waals surface area contributed by atoms with Crippen LogP contribution in [0.4, 0.5) is 11.4 Å². The van der Waals surface area contributed by atoms with Crippen molar-refractivity contribution in [3.8, 4) is 0 Å². The number of ether oxygens (including phenoxy) is 1. The van der Waals surface area contributed by atoms with E-state index in [-0.39, 0.29) is 5.91 Å². The predicted molar refractivity (Wildman–Crippen MR) is 91.6 cm³/mol. The number of carbonyl (C=O) groups is 2. The smallest absolute Gasteiger partial charge is 0.338 e. The Labute approximate surface area is 140 Å². The van der Waals surface area contributed by atoms with Gasteiger partial charge in [-0.25, -0.2) is 4.79 Å². The topological polar surface area (TPSA) is 81.5 Å². The number of hydrogen-bond donors (Lipinski definition) is 1. The highest BCUT2D eigenvalue weighted by molar-refractivity contribution is 5.90. The molecule has 2 rings (SSSR count). The fourth-order valence-corrected chi connectivity index (χ4v) is 2.02. The first-order chi connectivity index (χ1) is 11.5. The van der Waals surface area contributed by atoms with Crippen molar-refractivity contribution < 1.29 is 19.1 Å². The summed E-state index contributed by atoms with van der Waals surface area (Å²) in [7, 11) is 0. The van der Waals surface area contributed by atoms with E-state index in [0.29, 0.717) is 33.8 Å². The molecular formula is C18H18N2O4. The fraction of sp³-hybridized carbons (Fsp3) is 0.167. The molecule has 0 atom stereocenters. The van der Waals surface area contributed by atoms with Crippen LogP contribution in [0, 0.1) is 5.21 Å². The lowest BCUT2D eigenvalue weighted by atomic mass is 10.2. The number of hydrogen-bond acceptors (Lipinski definition) is 4. The Balaban J connectivity index is 2.12. The van der Waals surface area contributed by atoms with Gasteiger partial charge in [0.2, 0.25) is 11.6 Å². The van der Waals surface area contributed by atoms with Crippen molar-refractivity contribution in [2.24, 2.45) is 0 Å². The molecule has 0 saturated carbocycles. The summed E-state index contributed by atoms with van der Waals surface area (Å²) in [5, 5.41) is 14.8. The van der Waals surface area contributed by atoms with E-state index in [1.165, 1.54) is 13.1 Å². The summed E-state index contributed by atoms with van der Waals surface area (Å²) in [6, 6.07) is 13.1. The molecule has 6 nitrogen and oxygen atoms in total. The molecule has 0 aliphatic heterocycles. The first-order valence-corrected chi connectivity index (χ1v) is 7.45. The third kappa shape index (κ3) is 4.67. The highest BCUT2D eigenvalue weighted by Gasteiger charge is 2.08. The molecule has 0 aromatic heterocycles. The van der Waals surface area contributed by atoms with Crippen molar-refractivity contribution in [3.05, 3.63) is 64.9 Å². The van der Waals surface area contributed by atoms with Crippen molar-refractivity contribution in [3.63, 3.8) is 0 Å². The molecule has 0 bridgehead atoms. The summed E-state index contributed by atoms with van der Waals surface area (Å²) < 4.78 is 5.60. The molecule has 0 fully saturated rings. The van der Waals surface area contributed by atoms with Crippen LogP contribution in [0.15, 0.2) is 48.5 Å². The number of esters is 1. The van der Waals surface area contributed by atoms with Gasteiger partial charge in [0.05, 0.1) is 12.2 Å². The Bertz CT molecular complexity index is 750. The van der Waals surface area contributed by atoms with Gasteiger partial charge in [0, 0.05) is 30.3 Å². The van der Waals surface area contributed by atoms with E-state index in [1.54, 1.807) is 55.5 Å². The lowest BCUT2D eigenvalue weighted by Gasteiger charge is -2.05. The highest BCUT2D eigenvalue weighted by Crippen LogP contribution is 2.14. The van der Waals surface area contributed by atoms with E-state index in [0.717, 1.165) is 0 Å². The van der Waals surface area contributed by atoms with Crippen molar-refractivity contribution in [2.45, 2.75) is 13.8 Å². The number of amides is 1. The van der Waals surface area contributed by atoms with Crippen molar-refractivity contribution >= 4 is 29.5 Å². The van der Waals surface area contributed by atoms with Crippen LogP contribution >= 0.6 is 0 Å². The summed E-state index contributed by atoms with van der Waals surface area (Å²) in [5.41, 5.74) is 2.15. The van der Waals surface area contributed by atoms with Crippen LogP contribution in [-0.2, 0) is 9.53 Å². The number of rotatable bonds is 5. The average molecular weight is 326 g/mol. The van der Waals surface area contributed by atoms with E-state index in [9.17, 15) is 14.8 Å². The van der Waals surface area contributed by atoms with Crippen LogP contribution in [0.5, 0.6) is 0 Å². The predicted octanol–water partition coefficient (Wildman–Crippen LogP) is 3.08. The summed E-state index contributed by atoms with van der Waals surface area (Å²) >= 11 is 0. The highest BCUT2D eigenvalue weighted by atomic mass is 16.5. The first kappa shape index (κ1) is 17.2. The molecule has 0 saturated heterocycles. The fourth-order valence-electron chi connectivity index (χ4n) is 2.02. The van der Waals surface area contributed by atoms with E-state index in [1.807, 2.05) is 0 Å². The largest absolute Gasteiger partial charge is 0.618 e. The molecule has 2 aromatic carbocycles. The van der Waals surface area contributed by atoms with Gasteiger partial charge in [-0.15, -0.1) is 0 Å². The monoisotopic (exact) mass is 326 g/mol. The molecule has 0 heterocycles. The van der Waals surface area contributed by atoms with Crippen molar-refractivity contribution in [1.29, 1.82) is 0 Å². The van der Waals surface area contributed by atoms with Gasteiger partial charge < -0.3 is 15.3 Å². The average Bonchev–Trinajstić information content (AvgIpc) is 2.56. The summed E-state index contributed by atoms with van der Waals surface area (Å²) in [5.74, 6) is -0.571. The van der Waals surface area contributed by atoms with Crippen molar-refractivity contribution in [2.75, 3.05) is 11.9 Å². The van der Waals surface area contributed by atoms with Crippen molar-refractivity contribution in [1.82, 2.24) is 0 Å². The molecule has 0 radical (unpaired) electrons. The van der Waals surface area contributed by atoms with E-state index >= 15 is 0 Å². The summed E-state index contributed by atoms with van der Waals surface area (Å²) in [4.78, 5) is 22.5. The summed E-state index contributed by atoms with van der Waals surface area (Å²) in [6.45, 7) is 3.47. The standard InChI is InChI=1S/C18H18N2O4/c1-3-24-18(22)15-6-10-17(11-7-15)20(23)12-14-4-8-16(9-5-14)19-13(2)21/h4-12H,3H2,1-2H3,(H,19,21). The number of anilines is 1. The third-order valence-corrected chi connectivity index (χ3v) is 3.13. The zero-order chi connectivity index (χ0) is 17.5. The van der Waals surface area contributed by atoms with E-state index in [2.05, 4.69) is 5.32 Å². The molecule has 2 aromatic rings. The first-order valence-electron chi connectivity index (χ1n) is 7.45. The lowest BCUT2D eigenvalue weighted by Crippen LogP contribution is -2.06. The van der Waals surface area contributed by atoms with Gasteiger partial charge in [0.15, 0.2) is 6.21 Å². The maximum atomic E-state index is 12.2. The third-order valence-electron chi connectivity index (χ3n) is 3.13. The molecule has 0 aliphatic rings. The molecule has 0 spiro atoms. The Morgan fingerprint density at radius 1 is 1.12 bits per heavy atom. The van der Waals surface area contributed by atoms with E-state index < -0.39 is 5.97 Å². The van der Waals surface area contributed by atoms with Crippen LogP contribution in [0.2, 0.25) is 0 Å². The van der Waals surface area contributed by atoms with Gasteiger partial charge in [0.1, 0.15) is 0 Å². The quantitative estimate of drug-likeness (QED) is 0.301. The second-order valence-electron chi connectivity index (χ2n) is 5.03. The second kappa shape index (κ2) is 7.92. The van der Waals surface area contributed by atoms with Gasteiger partial charge in [-0.2, -0.15) is 4.74 Å². The summed E-state index contributed by atoms with van der Waals surface area (Å²) in [6.07, 6.45) is 1.41. The zero-order valence-corrected chi connectivity index (χ0v) is 13.5. The van der Waals surface area contributed by atoms with Gasteiger partial charge in [0.25, 0.3) is 0 Å². The van der Waals surface area contributed by atoms with Crippen LogP contribution < -0.4 is 5.32 Å². The minimum atomic E-state index is -0.418. The lowest BCUT2D eigenvalue weighted by molar-refractivity contribution is -0.354. The van der Waals surface area contributed by atoms with E-state index in [4.69, 9.17) is 4.74 Å². The molecular weight excluding hydrogens is 308 g/mol. The SMILES string of the molecule is CCOC(=O)c1ccc([N+]([O-])=Cc2ccc(NC(C)=O)cc2)cc1. The molecule has 1 amide bonds. The minimum Gasteiger partial charge on any atom is -0.618 e. The molecule has 24 heavy (non-hydrogen) atoms. The van der Waals surface area contributed by atoms with Crippen LogP contribution in [0.1, 0.15) is 29.8 Å². The van der Waals surface area contributed by atoms with Gasteiger partial charge >= 0.3 is 5.97 Å². The van der Waals surface area contributed by atoms with Gasteiger partial charge in [-0.05, 0) is 43.3 Å². The second-order valence-corrected chi connectivity index (χ2v) is 5.03. The zero-order valence-electron chi connectivity index (χ0n) is 13.5. The Morgan fingerprint density at radius 3 is 2.29 bits per heavy atom. The number of carbonyl (C=O) groups excluding carboxylic acids is 2. The number of nitrogens with one attached hydrogen (secondary N) is 1. The molecule has 6 heteroatoms. The molecule has 0 unspecified atom stereocenters. The van der Waals surface area contributed by atoms with Crippen LogP contribution in [0.25, 0.3) is 0 Å². The maximum Gasteiger partial charge on any atom is 0.338 e. The molecule has 1 N–H and O–H groups in total. The molecule has 124 valence electrons. The van der Waals surface area contributed by atoms with Gasteiger partial charge in [-0.1, -0.05) is 0 Å². The normalized spacial score (nSPS) is 11.0. The Morgan fingerprint density at radius 2 is 1.75 bits per heavy atom. The molecule has 0 aliphatic carbocycles. The number of benzene rings is 2. The Kier molecular flexibility index (Phi) is 5.68.